The maximum Gasteiger partial charge on any atom is 0.324 e. The van der Waals surface area contributed by atoms with Crippen molar-refractivity contribution < 1.29 is 9.59 Å². The second-order valence-electron chi connectivity index (χ2n) is 4.93. The molecular weight excluding hydrogens is 218 g/mol. The fourth-order valence-corrected chi connectivity index (χ4v) is 2.56. The van der Waals surface area contributed by atoms with Gasteiger partial charge < -0.3 is 10.6 Å². The number of amides is 3. The molecule has 0 aromatic carbocycles. The zero-order chi connectivity index (χ0) is 12.3. The van der Waals surface area contributed by atoms with Crippen LogP contribution < -0.4 is 10.6 Å². The molecule has 3 amide bonds. The van der Waals surface area contributed by atoms with E-state index >= 15 is 0 Å². The zero-order valence-corrected chi connectivity index (χ0v) is 10.4. The molecule has 0 saturated carbocycles. The van der Waals surface area contributed by atoms with Crippen LogP contribution >= 0.6 is 0 Å². The summed E-state index contributed by atoms with van der Waals surface area (Å²) in [7, 11) is 0. The van der Waals surface area contributed by atoms with Crippen LogP contribution in [0.2, 0.25) is 0 Å². The number of rotatable bonds is 4. The van der Waals surface area contributed by atoms with Gasteiger partial charge in [0.05, 0.1) is 0 Å². The molecule has 0 spiro atoms. The number of imide groups is 1. The first kappa shape index (κ1) is 12.4. The predicted octanol–water partition coefficient (Wildman–Crippen LogP) is 0.706. The van der Waals surface area contributed by atoms with Gasteiger partial charge in [0.2, 0.25) is 0 Å². The molecule has 1 unspecified atom stereocenters. The van der Waals surface area contributed by atoms with Crippen molar-refractivity contribution in [3.63, 3.8) is 0 Å². The first-order valence-corrected chi connectivity index (χ1v) is 6.55. The van der Waals surface area contributed by atoms with Gasteiger partial charge in [-0.25, -0.2) is 4.79 Å². The lowest BCUT2D eigenvalue weighted by Gasteiger charge is -2.25. The van der Waals surface area contributed by atoms with Gasteiger partial charge in [0.1, 0.15) is 6.04 Å². The number of nitrogens with zero attached hydrogens (tertiary/aromatic N) is 1. The van der Waals surface area contributed by atoms with Gasteiger partial charge in [-0.05, 0) is 38.3 Å². The molecule has 2 aliphatic rings. The molecule has 96 valence electrons. The van der Waals surface area contributed by atoms with Crippen molar-refractivity contribution in [3.05, 3.63) is 0 Å². The standard InChI is InChI=1S/C12H21N3O2/c1-2-3-10-11(16)15(12(17)14-10)8-9-4-6-13-7-5-9/h9-10,13H,2-8H2,1H3,(H,14,17). The van der Waals surface area contributed by atoms with E-state index in [4.69, 9.17) is 0 Å². The Balaban J connectivity index is 1.91. The highest BCUT2D eigenvalue weighted by molar-refractivity contribution is 6.04. The topological polar surface area (TPSA) is 61.4 Å². The molecule has 2 rings (SSSR count). The molecular formula is C12H21N3O2. The van der Waals surface area contributed by atoms with Gasteiger partial charge in [0.15, 0.2) is 0 Å². The molecule has 2 N–H and O–H groups in total. The van der Waals surface area contributed by atoms with Crippen molar-refractivity contribution in [1.82, 2.24) is 15.5 Å². The largest absolute Gasteiger partial charge is 0.326 e. The van der Waals surface area contributed by atoms with Gasteiger partial charge in [0.25, 0.3) is 5.91 Å². The summed E-state index contributed by atoms with van der Waals surface area (Å²) in [5.74, 6) is 0.432. The third-order valence-corrected chi connectivity index (χ3v) is 3.58. The first-order chi connectivity index (χ1) is 8.22. The Morgan fingerprint density at radius 2 is 2.00 bits per heavy atom. The van der Waals surface area contributed by atoms with Crippen molar-refractivity contribution in [2.24, 2.45) is 5.92 Å². The summed E-state index contributed by atoms with van der Waals surface area (Å²) in [6, 6.07) is -0.485. The number of carbonyl (C=O) groups excluding carboxylic acids is 2. The molecule has 17 heavy (non-hydrogen) atoms. The summed E-state index contributed by atoms with van der Waals surface area (Å²) >= 11 is 0. The van der Waals surface area contributed by atoms with Crippen LogP contribution in [0.25, 0.3) is 0 Å². The van der Waals surface area contributed by atoms with Crippen molar-refractivity contribution in [3.8, 4) is 0 Å². The third kappa shape index (κ3) is 2.77. The second kappa shape index (κ2) is 5.49. The lowest BCUT2D eigenvalue weighted by Crippen LogP contribution is -2.39. The Kier molecular flexibility index (Phi) is 3.99. The Hall–Kier alpha value is -1.10. The van der Waals surface area contributed by atoms with E-state index in [1.807, 2.05) is 6.92 Å². The van der Waals surface area contributed by atoms with Crippen LogP contribution in [0, 0.1) is 5.92 Å². The molecule has 2 saturated heterocycles. The summed E-state index contributed by atoms with van der Waals surface area (Å²) in [5, 5.41) is 6.05. The third-order valence-electron chi connectivity index (χ3n) is 3.58. The van der Waals surface area contributed by atoms with Crippen LogP contribution in [0.1, 0.15) is 32.6 Å². The highest BCUT2D eigenvalue weighted by atomic mass is 16.2. The number of urea groups is 1. The first-order valence-electron chi connectivity index (χ1n) is 6.55. The van der Waals surface area contributed by atoms with Crippen LogP contribution in [0.15, 0.2) is 0 Å². The van der Waals surface area contributed by atoms with Crippen molar-refractivity contribution in [2.75, 3.05) is 19.6 Å². The summed E-state index contributed by atoms with van der Waals surface area (Å²) in [6.07, 6.45) is 3.76. The van der Waals surface area contributed by atoms with Gasteiger partial charge >= 0.3 is 6.03 Å². The molecule has 2 fully saturated rings. The van der Waals surface area contributed by atoms with Gasteiger partial charge in [-0.15, -0.1) is 0 Å². The minimum Gasteiger partial charge on any atom is -0.326 e. The molecule has 1 atom stereocenters. The number of piperidine rings is 1. The van der Waals surface area contributed by atoms with E-state index in [1.54, 1.807) is 0 Å². The normalized spacial score (nSPS) is 26.4. The Labute approximate surface area is 102 Å². The predicted molar refractivity (Wildman–Crippen MR) is 64.5 cm³/mol. The van der Waals surface area contributed by atoms with Crippen LogP contribution in [0.3, 0.4) is 0 Å². The van der Waals surface area contributed by atoms with Crippen LogP contribution in [-0.4, -0.2) is 42.5 Å². The minimum absolute atomic E-state index is 0.0321. The van der Waals surface area contributed by atoms with E-state index in [9.17, 15) is 9.59 Å². The van der Waals surface area contributed by atoms with Crippen molar-refractivity contribution in [2.45, 2.75) is 38.6 Å². The van der Waals surface area contributed by atoms with Gasteiger partial charge in [-0.3, -0.25) is 9.69 Å². The maximum absolute atomic E-state index is 12.0. The van der Waals surface area contributed by atoms with Crippen molar-refractivity contribution in [1.29, 1.82) is 0 Å². The summed E-state index contributed by atoms with van der Waals surface area (Å²) in [4.78, 5) is 25.1. The lowest BCUT2D eigenvalue weighted by molar-refractivity contribution is -0.128. The molecule has 0 aromatic rings. The molecule has 0 bridgehead atoms. The zero-order valence-electron chi connectivity index (χ0n) is 10.4. The van der Waals surface area contributed by atoms with Crippen molar-refractivity contribution >= 4 is 11.9 Å². The smallest absolute Gasteiger partial charge is 0.324 e. The molecule has 0 aliphatic carbocycles. The van der Waals surface area contributed by atoms with E-state index in [-0.39, 0.29) is 18.0 Å². The number of carbonyl (C=O) groups is 2. The SMILES string of the molecule is CCCC1NC(=O)N(CC2CCNCC2)C1=O. The number of hydrogen-bond acceptors (Lipinski definition) is 3. The van der Waals surface area contributed by atoms with E-state index in [1.165, 1.54) is 4.90 Å². The van der Waals surface area contributed by atoms with Gasteiger partial charge in [0, 0.05) is 6.54 Å². The monoisotopic (exact) mass is 239 g/mol. The average Bonchev–Trinajstić information content (AvgIpc) is 2.59. The van der Waals surface area contributed by atoms with Gasteiger partial charge in [-0.2, -0.15) is 0 Å². The number of hydrogen-bond donors (Lipinski definition) is 2. The van der Waals surface area contributed by atoms with E-state index in [0.717, 1.165) is 38.8 Å². The molecule has 5 heteroatoms. The van der Waals surface area contributed by atoms with E-state index in [0.29, 0.717) is 12.5 Å². The van der Waals surface area contributed by atoms with Crippen LogP contribution in [-0.2, 0) is 4.79 Å². The van der Waals surface area contributed by atoms with E-state index < -0.39 is 0 Å². The Morgan fingerprint density at radius 3 is 2.65 bits per heavy atom. The minimum atomic E-state index is -0.283. The summed E-state index contributed by atoms with van der Waals surface area (Å²) < 4.78 is 0. The second-order valence-corrected chi connectivity index (χ2v) is 4.93. The Morgan fingerprint density at radius 1 is 1.29 bits per heavy atom. The van der Waals surface area contributed by atoms with Crippen LogP contribution in [0.5, 0.6) is 0 Å². The lowest BCUT2D eigenvalue weighted by atomic mass is 9.97. The van der Waals surface area contributed by atoms with E-state index in [2.05, 4.69) is 10.6 Å². The average molecular weight is 239 g/mol. The molecule has 2 heterocycles. The quantitative estimate of drug-likeness (QED) is 0.710. The Bertz CT molecular complexity index is 300. The highest BCUT2D eigenvalue weighted by Gasteiger charge is 2.38. The van der Waals surface area contributed by atoms with Crippen LogP contribution in [0.4, 0.5) is 4.79 Å². The fraction of sp³-hybridized carbons (Fsp3) is 0.833. The molecule has 0 radical (unpaired) electrons. The molecule has 0 aromatic heterocycles. The maximum atomic E-state index is 12.0. The molecule has 5 nitrogen and oxygen atoms in total. The molecule has 2 aliphatic heterocycles. The highest BCUT2D eigenvalue weighted by Crippen LogP contribution is 2.18. The fourth-order valence-electron chi connectivity index (χ4n) is 2.56. The summed E-state index contributed by atoms with van der Waals surface area (Å²) in [5.41, 5.74) is 0. The summed E-state index contributed by atoms with van der Waals surface area (Å²) in [6.45, 7) is 4.60. The number of nitrogens with one attached hydrogen (secondary N) is 2. The van der Waals surface area contributed by atoms with Gasteiger partial charge in [-0.1, -0.05) is 13.3 Å².